The number of hydrogen-bond donors (Lipinski definition) is 0. The van der Waals surface area contributed by atoms with E-state index in [4.69, 9.17) is 0 Å². The summed E-state index contributed by atoms with van der Waals surface area (Å²) >= 11 is 1.52. The average molecular weight is 478 g/mol. The fraction of sp³-hybridized carbons (Fsp3) is 0.480. The molecule has 1 aromatic carbocycles. The van der Waals surface area contributed by atoms with Gasteiger partial charge in [-0.1, -0.05) is 56.7 Å². The molecule has 0 bridgehead atoms. The van der Waals surface area contributed by atoms with Gasteiger partial charge in [0.25, 0.3) is 0 Å². The van der Waals surface area contributed by atoms with Gasteiger partial charge in [0, 0.05) is 30.8 Å². The minimum Gasteiger partial charge on any atom is -0.621 e. The van der Waals surface area contributed by atoms with E-state index in [-0.39, 0.29) is 68.6 Å². The van der Waals surface area contributed by atoms with E-state index in [9.17, 15) is 9.59 Å². The van der Waals surface area contributed by atoms with Crippen molar-refractivity contribution in [2.45, 2.75) is 64.2 Å². The monoisotopic (exact) mass is 477 g/mol. The van der Waals surface area contributed by atoms with Gasteiger partial charge in [-0.25, -0.2) is 4.98 Å². The Labute approximate surface area is 238 Å². The summed E-state index contributed by atoms with van der Waals surface area (Å²) in [5.41, 5.74) is 2.07. The van der Waals surface area contributed by atoms with Gasteiger partial charge < -0.3 is 15.0 Å². The molecule has 1 saturated heterocycles. The third-order valence-electron chi connectivity index (χ3n) is 5.67. The molecule has 2 amide bonds. The van der Waals surface area contributed by atoms with Crippen LogP contribution in [0.15, 0.2) is 42.3 Å². The second-order valence-electron chi connectivity index (χ2n) is 9.09. The van der Waals surface area contributed by atoms with Gasteiger partial charge in [-0.3, -0.25) is 4.79 Å². The van der Waals surface area contributed by atoms with Gasteiger partial charge >= 0.3 is 51.4 Å². The van der Waals surface area contributed by atoms with Crippen LogP contribution in [0.3, 0.4) is 0 Å². The minimum atomic E-state index is -0.297. The number of rotatable bonds is 7. The van der Waals surface area contributed by atoms with Crippen molar-refractivity contribution in [3.05, 3.63) is 63.9 Å². The summed E-state index contributed by atoms with van der Waals surface area (Å²) in [6.07, 6.45) is 5.96. The number of allylic oxidation sites excluding steroid dienone is 1. The van der Waals surface area contributed by atoms with Crippen LogP contribution in [0.1, 0.15) is 79.9 Å². The molecule has 1 aromatic heterocycles. The Kier molecular flexibility index (Phi) is 10.8. The summed E-state index contributed by atoms with van der Waals surface area (Å²) in [6, 6.07) is 7.78. The van der Waals surface area contributed by atoms with Gasteiger partial charge in [0.05, 0.1) is 10.7 Å². The molecule has 32 heavy (non-hydrogen) atoms. The van der Waals surface area contributed by atoms with E-state index in [1.165, 1.54) is 11.3 Å². The Bertz CT molecular complexity index is 927. The fourth-order valence-corrected chi connectivity index (χ4v) is 4.84. The smallest absolute Gasteiger partial charge is 0.621 e. The van der Waals surface area contributed by atoms with E-state index in [0.717, 1.165) is 49.3 Å². The van der Waals surface area contributed by atoms with E-state index in [2.05, 4.69) is 37.7 Å². The molecule has 5 nitrogen and oxygen atoms in total. The van der Waals surface area contributed by atoms with Gasteiger partial charge in [0.15, 0.2) is 0 Å². The molecule has 1 aliphatic rings. The zero-order chi connectivity index (χ0) is 22.4. The van der Waals surface area contributed by atoms with Crippen molar-refractivity contribution in [3.8, 4) is 0 Å². The predicted octanol–water partition coefficient (Wildman–Crippen LogP) is 3.35. The fourth-order valence-electron chi connectivity index (χ4n) is 3.88. The van der Waals surface area contributed by atoms with Crippen molar-refractivity contribution in [1.29, 1.82) is 0 Å². The quantitative estimate of drug-likeness (QED) is 0.349. The Morgan fingerprint density at radius 3 is 2.59 bits per heavy atom. The van der Waals surface area contributed by atoms with Crippen molar-refractivity contribution in [1.82, 2.24) is 9.88 Å². The summed E-state index contributed by atoms with van der Waals surface area (Å²) in [5, 5.41) is 7.16. The largest absolute Gasteiger partial charge is 1.00 e. The van der Waals surface area contributed by atoms with Crippen LogP contribution in [0.5, 0.6) is 0 Å². The number of carbonyl (C=O) groups is 2. The number of aromatic nitrogens is 1. The van der Waals surface area contributed by atoms with E-state index >= 15 is 0 Å². The third kappa shape index (κ3) is 7.33. The molecule has 0 N–H and O–H groups in total. The van der Waals surface area contributed by atoms with Crippen LogP contribution in [0.25, 0.3) is 5.32 Å². The SMILES string of the molecule is C=CCCCC(=O)N1CCC(c2nc(C(=O)[N-]c3ccccc3C(C)(C)C)cs2)CC1.[K+]. The first kappa shape index (κ1) is 27.4. The molecule has 0 aliphatic carbocycles. The number of carbonyl (C=O) groups excluding carboxylic acids is 2. The number of unbranched alkanes of at least 4 members (excludes halogenated alkanes) is 1. The zero-order valence-electron chi connectivity index (χ0n) is 19.8. The average Bonchev–Trinajstić information content (AvgIpc) is 3.24. The molecule has 2 heterocycles. The molecular weight excluding hydrogens is 445 g/mol. The van der Waals surface area contributed by atoms with Crippen molar-refractivity contribution < 1.29 is 61.0 Å². The molecular formula is C25H32KN3O2S. The maximum absolute atomic E-state index is 12.8. The number of para-hydroxylation sites is 1. The van der Waals surface area contributed by atoms with E-state index in [1.807, 2.05) is 40.6 Å². The van der Waals surface area contributed by atoms with Crippen LogP contribution < -0.4 is 51.4 Å². The molecule has 166 valence electrons. The number of hydrogen-bond acceptors (Lipinski definition) is 4. The Hall–Kier alpha value is -0.834. The predicted molar refractivity (Wildman–Crippen MR) is 127 cm³/mol. The van der Waals surface area contributed by atoms with E-state index in [0.29, 0.717) is 23.7 Å². The molecule has 0 atom stereocenters. The van der Waals surface area contributed by atoms with Gasteiger partial charge in [0.1, 0.15) is 5.91 Å². The number of amides is 2. The van der Waals surface area contributed by atoms with E-state index < -0.39 is 0 Å². The normalized spacial score (nSPS) is 14.5. The molecule has 3 rings (SSSR count). The molecule has 0 unspecified atom stereocenters. The van der Waals surface area contributed by atoms with Crippen LogP contribution in [0, 0.1) is 0 Å². The second kappa shape index (κ2) is 12.6. The molecule has 1 aliphatic heterocycles. The number of likely N-dealkylation sites (tertiary alicyclic amines) is 1. The topological polar surface area (TPSA) is 64.4 Å². The van der Waals surface area contributed by atoms with Gasteiger partial charge in [-0.15, -0.1) is 23.6 Å². The van der Waals surface area contributed by atoms with Crippen LogP contribution in [-0.2, 0) is 10.2 Å². The number of thiazole rings is 1. The Morgan fingerprint density at radius 1 is 1.25 bits per heavy atom. The van der Waals surface area contributed by atoms with Crippen LogP contribution >= 0.6 is 11.3 Å². The molecule has 1 fully saturated rings. The number of nitrogens with zero attached hydrogens (tertiary/aromatic N) is 3. The van der Waals surface area contributed by atoms with Crippen molar-refractivity contribution in [2.75, 3.05) is 13.1 Å². The van der Waals surface area contributed by atoms with Crippen molar-refractivity contribution >= 4 is 28.8 Å². The Morgan fingerprint density at radius 2 is 1.94 bits per heavy atom. The van der Waals surface area contributed by atoms with Gasteiger partial charge in [0.2, 0.25) is 5.91 Å². The van der Waals surface area contributed by atoms with Crippen LogP contribution in [0.2, 0.25) is 0 Å². The number of piperidine rings is 1. The van der Waals surface area contributed by atoms with Gasteiger partial charge in [-0.2, -0.15) is 0 Å². The van der Waals surface area contributed by atoms with Crippen LogP contribution in [0.4, 0.5) is 5.69 Å². The molecule has 7 heteroatoms. The first-order chi connectivity index (χ1) is 14.8. The third-order valence-corrected chi connectivity index (χ3v) is 6.68. The summed E-state index contributed by atoms with van der Waals surface area (Å²) < 4.78 is 0. The molecule has 2 aromatic rings. The van der Waals surface area contributed by atoms with Gasteiger partial charge in [-0.05, 0) is 31.1 Å². The van der Waals surface area contributed by atoms with Crippen molar-refractivity contribution in [2.24, 2.45) is 0 Å². The molecule has 0 spiro atoms. The maximum atomic E-state index is 12.8. The molecule has 0 saturated carbocycles. The summed E-state index contributed by atoms with van der Waals surface area (Å²) in [5.74, 6) is 0.228. The van der Waals surface area contributed by atoms with Crippen molar-refractivity contribution in [3.63, 3.8) is 0 Å². The maximum Gasteiger partial charge on any atom is 1.00 e. The minimum absolute atomic E-state index is 0. The van der Waals surface area contributed by atoms with Crippen LogP contribution in [-0.4, -0.2) is 34.8 Å². The first-order valence-electron chi connectivity index (χ1n) is 11.0. The summed E-state index contributed by atoms with van der Waals surface area (Å²) in [7, 11) is 0. The Balaban J connectivity index is 0.00000363. The molecule has 0 radical (unpaired) electrons. The number of benzene rings is 1. The standard InChI is InChI=1S/C25H33N3O2S.K/c1-5-6-7-12-22(29)28-15-13-18(14-16-28)24-27-21(17-31-24)23(30)26-20-11-9-8-10-19(20)25(2,3)4;/h5,8-11,17-18H,1,6-7,12-16H2,2-4H3,(H,26,30);/q;+1/p-1. The summed E-state index contributed by atoms with van der Waals surface area (Å²) in [6.45, 7) is 11.6. The first-order valence-corrected chi connectivity index (χ1v) is 11.9. The zero-order valence-corrected chi connectivity index (χ0v) is 23.7. The second-order valence-corrected chi connectivity index (χ2v) is 9.98. The van der Waals surface area contributed by atoms with E-state index in [1.54, 1.807) is 0 Å². The summed E-state index contributed by atoms with van der Waals surface area (Å²) in [4.78, 5) is 31.6.